The fourth-order valence-corrected chi connectivity index (χ4v) is 1.63. The number of nitrogens with zero attached hydrogens (tertiary/aromatic N) is 2. The molecule has 0 amide bonds. The summed E-state index contributed by atoms with van der Waals surface area (Å²) in [6, 6.07) is 1.45. The summed E-state index contributed by atoms with van der Waals surface area (Å²) in [5.74, 6) is -0.234. The Morgan fingerprint density at radius 2 is 2.36 bits per heavy atom. The number of hydrogen-bond acceptors (Lipinski definition) is 4. The van der Waals surface area contributed by atoms with Crippen LogP contribution >= 0.6 is 11.6 Å². The zero-order valence-corrected chi connectivity index (χ0v) is 8.72. The summed E-state index contributed by atoms with van der Waals surface area (Å²) < 4.78 is 24.6. The molecule has 0 aliphatic carbocycles. The second-order valence-electron chi connectivity index (χ2n) is 2.38. The Labute approximate surface area is 86.9 Å². The van der Waals surface area contributed by atoms with E-state index in [-0.39, 0.29) is 16.9 Å². The highest BCUT2D eigenvalue weighted by molar-refractivity contribution is 7.92. The fourth-order valence-electron chi connectivity index (χ4n) is 0.722. The lowest BCUT2D eigenvalue weighted by molar-refractivity contribution is 0.603. The molecule has 0 spiro atoms. The van der Waals surface area contributed by atoms with Crippen LogP contribution in [0.3, 0.4) is 0 Å². The van der Waals surface area contributed by atoms with E-state index in [1.54, 1.807) is 0 Å². The number of halogens is 1. The van der Waals surface area contributed by atoms with Gasteiger partial charge in [-0.15, -0.1) is 6.58 Å². The first kappa shape index (κ1) is 10.9. The minimum absolute atomic E-state index is 0.0423. The summed E-state index contributed by atoms with van der Waals surface area (Å²) >= 11 is 5.54. The molecule has 0 saturated heterocycles. The maximum atomic E-state index is 11.2. The van der Waals surface area contributed by atoms with Gasteiger partial charge in [0.2, 0.25) is 16.0 Å². The first-order chi connectivity index (χ1) is 6.53. The third-order valence-corrected chi connectivity index (χ3v) is 2.58. The van der Waals surface area contributed by atoms with Gasteiger partial charge in [-0.1, -0.05) is 17.7 Å². The van der Waals surface area contributed by atoms with Crippen molar-refractivity contribution in [3.8, 4) is 0 Å². The van der Waals surface area contributed by atoms with Crippen molar-refractivity contribution in [2.45, 2.75) is 0 Å². The van der Waals surface area contributed by atoms with Crippen molar-refractivity contribution >= 4 is 27.6 Å². The molecule has 0 unspecified atom stereocenters. The highest BCUT2D eigenvalue weighted by atomic mass is 35.5. The first-order valence-electron chi connectivity index (χ1n) is 3.63. The molecule has 0 fully saturated rings. The molecule has 0 radical (unpaired) electrons. The van der Waals surface area contributed by atoms with Crippen molar-refractivity contribution in [1.82, 2.24) is 9.97 Å². The van der Waals surface area contributed by atoms with Crippen LogP contribution in [0.4, 0.5) is 5.95 Å². The summed E-state index contributed by atoms with van der Waals surface area (Å²) in [5.41, 5.74) is 0. The molecule has 0 aromatic carbocycles. The first-order valence-corrected chi connectivity index (χ1v) is 5.66. The molecule has 0 aliphatic rings. The molecule has 14 heavy (non-hydrogen) atoms. The van der Waals surface area contributed by atoms with Gasteiger partial charge in [-0.2, -0.15) is 0 Å². The maximum Gasteiger partial charge on any atom is 0.238 e. The maximum absolute atomic E-state index is 11.2. The van der Waals surface area contributed by atoms with Gasteiger partial charge in [0.1, 0.15) is 5.15 Å². The van der Waals surface area contributed by atoms with E-state index < -0.39 is 10.0 Å². The van der Waals surface area contributed by atoms with Gasteiger partial charge in [-0.05, 0) is 6.07 Å². The van der Waals surface area contributed by atoms with Crippen molar-refractivity contribution in [1.29, 1.82) is 0 Å². The smallest absolute Gasteiger partial charge is 0.238 e. The van der Waals surface area contributed by atoms with E-state index in [4.69, 9.17) is 11.6 Å². The highest BCUT2D eigenvalue weighted by Gasteiger charge is 2.09. The number of anilines is 1. The molecule has 1 aromatic heterocycles. The molecule has 1 aromatic rings. The minimum atomic E-state index is -3.45. The van der Waals surface area contributed by atoms with Crippen LogP contribution in [0.1, 0.15) is 0 Å². The quantitative estimate of drug-likeness (QED) is 0.624. The molecule has 1 heterocycles. The minimum Gasteiger partial charge on any atom is -0.251 e. The van der Waals surface area contributed by atoms with Gasteiger partial charge in [0.15, 0.2) is 0 Å². The van der Waals surface area contributed by atoms with Gasteiger partial charge in [-0.25, -0.2) is 18.4 Å². The normalized spacial score (nSPS) is 10.9. The SMILES string of the molecule is C=CCS(=O)(=O)Nc1nccc(Cl)n1. The average molecular weight is 234 g/mol. The lowest BCUT2D eigenvalue weighted by Gasteiger charge is -2.03. The van der Waals surface area contributed by atoms with Crippen LogP contribution < -0.4 is 4.72 Å². The van der Waals surface area contributed by atoms with Gasteiger partial charge in [0.05, 0.1) is 5.75 Å². The summed E-state index contributed by atoms with van der Waals surface area (Å²) in [7, 11) is -3.45. The summed E-state index contributed by atoms with van der Waals surface area (Å²) in [6.07, 6.45) is 2.63. The van der Waals surface area contributed by atoms with E-state index >= 15 is 0 Å². The van der Waals surface area contributed by atoms with E-state index in [1.165, 1.54) is 18.3 Å². The van der Waals surface area contributed by atoms with Crippen molar-refractivity contribution < 1.29 is 8.42 Å². The van der Waals surface area contributed by atoms with Gasteiger partial charge in [0, 0.05) is 6.20 Å². The summed E-state index contributed by atoms with van der Waals surface area (Å²) in [6.45, 7) is 3.32. The van der Waals surface area contributed by atoms with Crippen LogP contribution in [0.15, 0.2) is 24.9 Å². The Balaban J connectivity index is 2.84. The van der Waals surface area contributed by atoms with Crippen molar-refractivity contribution in [2.75, 3.05) is 10.5 Å². The number of rotatable bonds is 4. The topological polar surface area (TPSA) is 72.0 Å². The molecule has 7 heteroatoms. The van der Waals surface area contributed by atoms with E-state index in [0.29, 0.717) is 0 Å². The zero-order chi connectivity index (χ0) is 10.6. The van der Waals surface area contributed by atoms with E-state index in [2.05, 4.69) is 21.3 Å². The molecule has 1 N–H and O–H groups in total. The van der Waals surface area contributed by atoms with Gasteiger partial charge < -0.3 is 0 Å². The van der Waals surface area contributed by atoms with Crippen molar-refractivity contribution in [2.24, 2.45) is 0 Å². The predicted octanol–water partition coefficient (Wildman–Crippen LogP) is 1.06. The molecule has 76 valence electrons. The largest absolute Gasteiger partial charge is 0.251 e. The van der Waals surface area contributed by atoms with Crippen LogP contribution in [-0.4, -0.2) is 24.1 Å². The molecule has 5 nitrogen and oxygen atoms in total. The molecular weight excluding hydrogens is 226 g/mol. The number of hydrogen-bond donors (Lipinski definition) is 1. The average Bonchev–Trinajstić information content (AvgIpc) is 2.02. The van der Waals surface area contributed by atoms with Crippen LogP contribution in [0.5, 0.6) is 0 Å². The van der Waals surface area contributed by atoms with Crippen LogP contribution in [0.2, 0.25) is 5.15 Å². The molecule has 0 atom stereocenters. The van der Waals surface area contributed by atoms with Crippen molar-refractivity contribution in [3.05, 3.63) is 30.1 Å². The Bertz CT molecular complexity index is 432. The second-order valence-corrected chi connectivity index (χ2v) is 4.53. The predicted molar refractivity (Wildman–Crippen MR) is 54.6 cm³/mol. The summed E-state index contributed by atoms with van der Waals surface area (Å²) in [4.78, 5) is 7.36. The molecule has 0 aliphatic heterocycles. The lowest BCUT2D eigenvalue weighted by atomic mass is 10.7. The summed E-state index contributed by atoms with van der Waals surface area (Å²) in [5, 5.41) is 0.177. The van der Waals surface area contributed by atoms with Crippen LogP contribution in [0, 0.1) is 0 Å². The monoisotopic (exact) mass is 233 g/mol. The van der Waals surface area contributed by atoms with Crippen LogP contribution in [-0.2, 0) is 10.0 Å². The lowest BCUT2D eigenvalue weighted by Crippen LogP contribution is -2.16. The van der Waals surface area contributed by atoms with Gasteiger partial charge in [0.25, 0.3) is 0 Å². The Kier molecular flexibility index (Phi) is 3.43. The van der Waals surface area contributed by atoms with E-state index in [0.717, 1.165) is 0 Å². The van der Waals surface area contributed by atoms with Crippen LogP contribution in [0.25, 0.3) is 0 Å². The molecule has 1 rings (SSSR count). The van der Waals surface area contributed by atoms with Crippen molar-refractivity contribution in [3.63, 3.8) is 0 Å². The molecule has 0 saturated carbocycles. The van der Waals surface area contributed by atoms with E-state index in [1.807, 2.05) is 0 Å². The van der Waals surface area contributed by atoms with E-state index in [9.17, 15) is 8.42 Å². The third-order valence-electron chi connectivity index (χ3n) is 1.21. The Hall–Kier alpha value is -1.14. The number of aromatic nitrogens is 2. The molecule has 0 bridgehead atoms. The zero-order valence-electron chi connectivity index (χ0n) is 7.14. The van der Waals surface area contributed by atoms with Gasteiger partial charge >= 0.3 is 0 Å². The Morgan fingerprint density at radius 3 is 2.93 bits per heavy atom. The number of sulfonamides is 1. The Morgan fingerprint density at radius 1 is 1.64 bits per heavy atom. The van der Waals surface area contributed by atoms with Gasteiger partial charge in [-0.3, -0.25) is 4.72 Å². The third kappa shape index (κ3) is 3.31. The number of nitrogens with one attached hydrogen (secondary N) is 1. The fraction of sp³-hybridized carbons (Fsp3) is 0.143. The highest BCUT2D eigenvalue weighted by Crippen LogP contribution is 2.07. The standard InChI is InChI=1S/C7H8ClN3O2S/c1-2-5-14(12,13)11-7-9-4-3-6(8)10-7/h2-4H,1,5H2,(H,9,10,11). The second kappa shape index (κ2) is 4.39. The molecular formula is C7H8ClN3O2S.